The lowest BCUT2D eigenvalue weighted by Crippen LogP contribution is -2.18. The second-order valence-corrected chi connectivity index (χ2v) is 5.58. The molecule has 8 heteroatoms. The van der Waals surface area contributed by atoms with E-state index in [0.29, 0.717) is 0 Å². The Morgan fingerprint density at radius 1 is 1.50 bits per heavy atom. The SMILES string of the molecule is CC(CO)SCC(=O)Nc1ccc(C(F)(F)F)cc1N. The Kier molecular flexibility index (Phi) is 5.70. The van der Waals surface area contributed by atoms with Crippen LogP contribution in [0.15, 0.2) is 18.2 Å². The van der Waals surface area contributed by atoms with Crippen molar-refractivity contribution in [1.29, 1.82) is 0 Å². The first-order valence-electron chi connectivity index (χ1n) is 5.73. The number of alkyl halides is 3. The summed E-state index contributed by atoms with van der Waals surface area (Å²) in [5.41, 5.74) is 4.62. The molecule has 0 aliphatic carbocycles. The summed E-state index contributed by atoms with van der Waals surface area (Å²) >= 11 is 1.23. The number of rotatable bonds is 5. The van der Waals surface area contributed by atoms with E-state index in [-0.39, 0.29) is 34.9 Å². The average molecular weight is 308 g/mol. The van der Waals surface area contributed by atoms with Gasteiger partial charge in [0, 0.05) is 5.25 Å². The lowest BCUT2D eigenvalue weighted by Gasteiger charge is -2.12. The van der Waals surface area contributed by atoms with Gasteiger partial charge < -0.3 is 16.2 Å². The molecular weight excluding hydrogens is 293 g/mol. The Bertz CT molecular complexity index is 480. The smallest absolute Gasteiger partial charge is 0.397 e. The molecule has 0 aliphatic rings. The maximum absolute atomic E-state index is 12.4. The molecule has 112 valence electrons. The van der Waals surface area contributed by atoms with Crippen molar-refractivity contribution in [3.05, 3.63) is 23.8 Å². The number of halogens is 3. The molecule has 1 amide bonds. The molecule has 4 N–H and O–H groups in total. The number of aliphatic hydroxyl groups excluding tert-OH is 1. The second-order valence-electron chi connectivity index (χ2n) is 4.15. The van der Waals surface area contributed by atoms with Crippen molar-refractivity contribution in [2.24, 2.45) is 0 Å². The van der Waals surface area contributed by atoms with Crippen molar-refractivity contribution >= 4 is 29.0 Å². The number of thioether (sulfide) groups is 1. The van der Waals surface area contributed by atoms with E-state index in [1.807, 2.05) is 0 Å². The highest BCUT2D eigenvalue weighted by atomic mass is 32.2. The van der Waals surface area contributed by atoms with Gasteiger partial charge >= 0.3 is 6.18 Å². The van der Waals surface area contributed by atoms with Crippen molar-refractivity contribution in [2.45, 2.75) is 18.3 Å². The minimum Gasteiger partial charge on any atom is -0.397 e. The molecule has 1 aromatic rings. The molecule has 20 heavy (non-hydrogen) atoms. The third-order valence-electron chi connectivity index (χ3n) is 2.41. The molecule has 1 rings (SSSR count). The number of nitrogen functional groups attached to an aromatic ring is 1. The first-order valence-corrected chi connectivity index (χ1v) is 6.78. The Morgan fingerprint density at radius 3 is 2.65 bits per heavy atom. The maximum atomic E-state index is 12.4. The largest absolute Gasteiger partial charge is 0.416 e. The van der Waals surface area contributed by atoms with Crippen molar-refractivity contribution in [3.63, 3.8) is 0 Å². The number of nitrogens with two attached hydrogens (primary N) is 1. The average Bonchev–Trinajstić information content (AvgIpc) is 2.37. The highest BCUT2D eigenvalue weighted by Gasteiger charge is 2.30. The quantitative estimate of drug-likeness (QED) is 0.730. The van der Waals surface area contributed by atoms with Crippen LogP contribution in [-0.2, 0) is 11.0 Å². The van der Waals surface area contributed by atoms with Crippen LogP contribution in [0.25, 0.3) is 0 Å². The molecule has 0 radical (unpaired) electrons. The van der Waals surface area contributed by atoms with Gasteiger partial charge in [-0.2, -0.15) is 13.2 Å². The van der Waals surface area contributed by atoms with Crippen LogP contribution in [0.3, 0.4) is 0 Å². The lowest BCUT2D eigenvalue weighted by molar-refractivity contribution is -0.137. The Labute approximate surface area is 118 Å². The third-order valence-corrected chi connectivity index (χ3v) is 3.56. The summed E-state index contributed by atoms with van der Waals surface area (Å²) in [6.07, 6.45) is -4.47. The van der Waals surface area contributed by atoms with E-state index < -0.39 is 11.7 Å². The van der Waals surface area contributed by atoms with Gasteiger partial charge in [0.05, 0.1) is 29.3 Å². The molecular formula is C12H15F3N2O2S. The minimum absolute atomic E-state index is 0.0552. The number of hydrogen-bond donors (Lipinski definition) is 3. The van der Waals surface area contributed by atoms with E-state index in [1.165, 1.54) is 11.8 Å². The fourth-order valence-corrected chi connectivity index (χ4v) is 1.92. The van der Waals surface area contributed by atoms with Crippen LogP contribution in [0.2, 0.25) is 0 Å². The van der Waals surface area contributed by atoms with Crippen LogP contribution in [0.4, 0.5) is 24.5 Å². The number of carbonyl (C=O) groups excluding carboxylic acids is 1. The van der Waals surface area contributed by atoms with Gasteiger partial charge in [0.2, 0.25) is 5.91 Å². The lowest BCUT2D eigenvalue weighted by atomic mass is 10.1. The van der Waals surface area contributed by atoms with Gasteiger partial charge in [0.25, 0.3) is 0 Å². The summed E-state index contributed by atoms with van der Waals surface area (Å²) in [6.45, 7) is 1.70. The van der Waals surface area contributed by atoms with Crippen LogP contribution in [0.1, 0.15) is 12.5 Å². The van der Waals surface area contributed by atoms with Crippen LogP contribution in [0.5, 0.6) is 0 Å². The summed E-state index contributed by atoms with van der Waals surface area (Å²) in [4.78, 5) is 11.6. The Morgan fingerprint density at radius 2 is 2.15 bits per heavy atom. The number of anilines is 2. The first kappa shape index (κ1) is 16.6. The molecule has 0 aromatic heterocycles. The van der Waals surface area contributed by atoms with Crippen LogP contribution < -0.4 is 11.1 Å². The summed E-state index contributed by atoms with van der Waals surface area (Å²) in [5, 5.41) is 11.2. The third kappa shape index (κ3) is 4.93. The van der Waals surface area contributed by atoms with Crippen molar-refractivity contribution in [3.8, 4) is 0 Å². The molecule has 1 aromatic carbocycles. The van der Waals surface area contributed by atoms with Crippen LogP contribution in [0, 0.1) is 0 Å². The van der Waals surface area contributed by atoms with Crippen molar-refractivity contribution < 1.29 is 23.1 Å². The van der Waals surface area contributed by atoms with Crippen molar-refractivity contribution in [2.75, 3.05) is 23.4 Å². The summed E-state index contributed by atoms with van der Waals surface area (Å²) in [6, 6.07) is 2.75. The van der Waals surface area contributed by atoms with Crippen molar-refractivity contribution in [1.82, 2.24) is 0 Å². The molecule has 0 spiro atoms. The zero-order valence-corrected chi connectivity index (χ0v) is 11.5. The van der Waals surface area contributed by atoms with Crippen LogP contribution >= 0.6 is 11.8 Å². The van der Waals surface area contributed by atoms with Gasteiger partial charge in [-0.25, -0.2) is 0 Å². The number of nitrogens with one attached hydrogen (secondary N) is 1. The monoisotopic (exact) mass is 308 g/mol. The van der Waals surface area contributed by atoms with E-state index in [2.05, 4.69) is 5.32 Å². The van der Waals surface area contributed by atoms with Gasteiger partial charge in [-0.05, 0) is 18.2 Å². The topological polar surface area (TPSA) is 75.3 Å². The standard InChI is InChI=1S/C12H15F3N2O2S/c1-7(5-18)20-6-11(19)17-10-3-2-8(4-9(10)16)12(13,14)15/h2-4,7,18H,5-6,16H2,1H3,(H,17,19). The molecule has 0 aliphatic heterocycles. The minimum atomic E-state index is -4.47. The molecule has 1 atom stereocenters. The summed E-state index contributed by atoms with van der Waals surface area (Å²) in [5.74, 6) is -0.302. The van der Waals surface area contributed by atoms with E-state index in [4.69, 9.17) is 10.8 Å². The van der Waals surface area contributed by atoms with Gasteiger partial charge in [-0.3, -0.25) is 4.79 Å². The fourth-order valence-electron chi connectivity index (χ4n) is 1.31. The highest BCUT2D eigenvalue weighted by molar-refractivity contribution is 8.00. The summed E-state index contributed by atoms with van der Waals surface area (Å²) < 4.78 is 37.3. The van der Waals surface area contributed by atoms with E-state index in [0.717, 1.165) is 18.2 Å². The maximum Gasteiger partial charge on any atom is 0.416 e. The highest BCUT2D eigenvalue weighted by Crippen LogP contribution is 2.32. The number of aliphatic hydroxyl groups is 1. The number of hydrogen-bond acceptors (Lipinski definition) is 4. The van der Waals surface area contributed by atoms with E-state index in [1.54, 1.807) is 6.92 Å². The predicted octanol–water partition coefficient (Wildman–Crippen LogP) is 2.34. The molecule has 1 unspecified atom stereocenters. The second kappa shape index (κ2) is 6.85. The van der Waals surface area contributed by atoms with E-state index in [9.17, 15) is 18.0 Å². The fraction of sp³-hybridized carbons (Fsp3) is 0.417. The summed E-state index contributed by atoms with van der Waals surface area (Å²) in [7, 11) is 0. The zero-order valence-electron chi connectivity index (χ0n) is 10.7. The normalized spacial score (nSPS) is 13.1. The molecule has 0 saturated carbocycles. The van der Waals surface area contributed by atoms with Gasteiger partial charge in [-0.1, -0.05) is 6.92 Å². The zero-order chi connectivity index (χ0) is 15.3. The number of benzene rings is 1. The number of carbonyl (C=O) groups is 1. The molecule has 4 nitrogen and oxygen atoms in total. The molecule has 0 fully saturated rings. The van der Waals surface area contributed by atoms with Gasteiger partial charge in [0.1, 0.15) is 0 Å². The predicted molar refractivity (Wildman–Crippen MR) is 73.5 cm³/mol. The first-order chi connectivity index (χ1) is 9.24. The van der Waals surface area contributed by atoms with Gasteiger partial charge in [0.15, 0.2) is 0 Å². The molecule has 0 heterocycles. The Hall–Kier alpha value is -1.41. The molecule has 0 bridgehead atoms. The van der Waals surface area contributed by atoms with Gasteiger partial charge in [-0.15, -0.1) is 11.8 Å². The van der Waals surface area contributed by atoms with Crippen LogP contribution in [-0.4, -0.2) is 28.6 Å². The Balaban J connectivity index is 2.67. The van der Waals surface area contributed by atoms with E-state index >= 15 is 0 Å². The molecule has 0 saturated heterocycles. The number of amides is 1.